The SMILES string of the molecule is N#Cc1ccc(N2CCC(C(=O)N3CCC[C@@H](C(N)=O)C3)CC2)nc1. The van der Waals surface area contributed by atoms with Crippen LogP contribution in [0.15, 0.2) is 18.3 Å². The minimum atomic E-state index is -0.306. The topological polar surface area (TPSA) is 103 Å². The molecule has 0 bridgehead atoms. The van der Waals surface area contributed by atoms with Crippen molar-refractivity contribution >= 4 is 17.6 Å². The smallest absolute Gasteiger partial charge is 0.225 e. The maximum absolute atomic E-state index is 12.8. The predicted molar refractivity (Wildman–Crippen MR) is 92.4 cm³/mol. The molecule has 1 atom stereocenters. The summed E-state index contributed by atoms with van der Waals surface area (Å²) in [5.41, 5.74) is 5.95. The van der Waals surface area contributed by atoms with E-state index in [0.29, 0.717) is 12.1 Å². The summed E-state index contributed by atoms with van der Waals surface area (Å²) in [4.78, 5) is 32.4. The molecule has 7 heteroatoms. The summed E-state index contributed by atoms with van der Waals surface area (Å²) in [6.45, 7) is 2.72. The van der Waals surface area contributed by atoms with Gasteiger partial charge in [0, 0.05) is 38.3 Å². The highest BCUT2D eigenvalue weighted by atomic mass is 16.2. The molecule has 2 aliphatic rings. The van der Waals surface area contributed by atoms with E-state index in [2.05, 4.69) is 16.0 Å². The molecule has 2 aliphatic heterocycles. The van der Waals surface area contributed by atoms with Gasteiger partial charge in [-0.15, -0.1) is 0 Å². The third-order valence-corrected chi connectivity index (χ3v) is 5.18. The molecule has 1 aromatic rings. The lowest BCUT2D eigenvalue weighted by molar-refractivity contribution is -0.139. The van der Waals surface area contributed by atoms with Crippen LogP contribution in [0.25, 0.3) is 0 Å². The van der Waals surface area contributed by atoms with E-state index in [1.54, 1.807) is 12.3 Å². The van der Waals surface area contributed by atoms with Gasteiger partial charge in [-0.3, -0.25) is 9.59 Å². The third kappa shape index (κ3) is 3.90. The van der Waals surface area contributed by atoms with Crippen LogP contribution >= 0.6 is 0 Å². The van der Waals surface area contributed by atoms with Crippen LogP contribution < -0.4 is 10.6 Å². The Morgan fingerprint density at radius 1 is 1.16 bits per heavy atom. The molecule has 0 saturated carbocycles. The normalized spacial score (nSPS) is 21.6. The number of likely N-dealkylation sites (tertiary alicyclic amines) is 1. The van der Waals surface area contributed by atoms with Gasteiger partial charge in [0.15, 0.2) is 0 Å². The summed E-state index contributed by atoms with van der Waals surface area (Å²) in [6.07, 6.45) is 4.75. The molecule has 3 heterocycles. The second kappa shape index (κ2) is 7.51. The van der Waals surface area contributed by atoms with Gasteiger partial charge in [-0.2, -0.15) is 5.26 Å². The quantitative estimate of drug-likeness (QED) is 0.879. The molecule has 132 valence electrons. The zero-order valence-electron chi connectivity index (χ0n) is 14.2. The minimum Gasteiger partial charge on any atom is -0.369 e. The summed E-state index contributed by atoms with van der Waals surface area (Å²) in [7, 11) is 0. The van der Waals surface area contributed by atoms with Gasteiger partial charge in [0.2, 0.25) is 11.8 Å². The Kier molecular flexibility index (Phi) is 5.17. The largest absolute Gasteiger partial charge is 0.369 e. The van der Waals surface area contributed by atoms with Crippen LogP contribution in [-0.2, 0) is 9.59 Å². The molecule has 25 heavy (non-hydrogen) atoms. The van der Waals surface area contributed by atoms with Crippen LogP contribution in [0.1, 0.15) is 31.2 Å². The van der Waals surface area contributed by atoms with Gasteiger partial charge in [-0.25, -0.2) is 4.98 Å². The van der Waals surface area contributed by atoms with Crippen molar-refractivity contribution in [1.29, 1.82) is 5.26 Å². The fourth-order valence-corrected chi connectivity index (χ4v) is 3.66. The molecule has 0 radical (unpaired) electrons. The number of carbonyl (C=O) groups is 2. The summed E-state index contributed by atoms with van der Waals surface area (Å²) < 4.78 is 0. The lowest BCUT2D eigenvalue weighted by Gasteiger charge is -2.37. The van der Waals surface area contributed by atoms with E-state index in [0.717, 1.165) is 51.1 Å². The van der Waals surface area contributed by atoms with Crippen LogP contribution in [0.4, 0.5) is 5.82 Å². The van der Waals surface area contributed by atoms with Crippen molar-refractivity contribution in [2.45, 2.75) is 25.7 Å². The molecule has 0 aliphatic carbocycles. The number of hydrogen-bond donors (Lipinski definition) is 1. The lowest BCUT2D eigenvalue weighted by Crippen LogP contribution is -2.48. The summed E-state index contributed by atoms with van der Waals surface area (Å²) in [5, 5.41) is 8.84. The first-order valence-electron chi connectivity index (χ1n) is 8.77. The monoisotopic (exact) mass is 341 g/mol. The number of primary amides is 1. The van der Waals surface area contributed by atoms with E-state index in [1.165, 1.54) is 0 Å². The van der Waals surface area contributed by atoms with Crippen LogP contribution in [-0.4, -0.2) is 47.9 Å². The first-order chi connectivity index (χ1) is 12.1. The first kappa shape index (κ1) is 17.2. The maximum Gasteiger partial charge on any atom is 0.225 e. The Morgan fingerprint density at radius 3 is 2.52 bits per heavy atom. The van der Waals surface area contributed by atoms with Gasteiger partial charge in [-0.1, -0.05) is 0 Å². The number of carbonyl (C=O) groups excluding carboxylic acids is 2. The number of hydrogen-bond acceptors (Lipinski definition) is 5. The molecule has 2 amide bonds. The number of anilines is 1. The Morgan fingerprint density at radius 2 is 1.92 bits per heavy atom. The van der Waals surface area contributed by atoms with E-state index in [9.17, 15) is 9.59 Å². The number of nitrogens with two attached hydrogens (primary N) is 1. The zero-order chi connectivity index (χ0) is 17.8. The number of nitriles is 1. The molecular weight excluding hydrogens is 318 g/mol. The number of nitrogens with zero attached hydrogens (tertiary/aromatic N) is 4. The van der Waals surface area contributed by atoms with Crippen LogP contribution in [0, 0.1) is 23.2 Å². The molecule has 3 rings (SSSR count). The average Bonchev–Trinajstić information content (AvgIpc) is 2.67. The molecule has 0 aromatic carbocycles. The van der Waals surface area contributed by atoms with Crippen LogP contribution in [0.5, 0.6) is 0 Å². The van der Waals surface area contributed by atoms with Gasteiger partial charge in [0.25, 0.3) is 0 Å². The summed E-state index contributed by atoms with van der Waals surface area (Å²) in [6, 6.07) is 5.67. The van der Waals surface area contributed by atoms with Crippen molar-refractivity contribution in [1.82, 2.24) is 9.88 Å². The fraction of sp³-hybridized carbons (Fsp3) is 0.556. The summed E-state index contributed by atoms with van der Waals surface area (Å²) in [5.74, 6) is 0.483. The first-order valence-corrected chi connectivity index (χ1v) is 8.77. The molecule has 1 aromatic heterocycles. The molecule has 2 fully saturated rings. The average molecular weight is 341 g/mol. The van der Waals surface area contributed by atoms with Crippen molar-refractivity contribution in [3.63, 3.8) is 0 Å². The Bertz CT molecular complexity index is 674. The molecule has 7 nitrogen and oxygen atoms in total. The van der Waals surface area contributed by atoms with Crippen LogP contribution in [0.2, 0.25) is 0 Å². The standard InChI is InChI=1S/C18H23N5O2/c19-10-13-3-4-16(21-11-13)22-8-5-14(6-9-22)18(25)23-7-1-2-15(12-23)17(20)24/h3-4,11,14-15H,1-2,5-9,12H2,(H2,20,24)/t15-/m1/s1. The fourth-order valence-electron chi connectivity index (χ4n) is 3.66. The lowest BCUT2D eigenvalue weighted by atomic mass is 9.92. The van der Waals surface area contributed by atoms with Gasteiger partial charge >= 0.3 is 0 Å². The predicted octanol–water partition coefficient (Wildman–Crippen LogP) is 0.894. The third-order valence-electron chi connectivity index (χ3n) is 5.18. The van der Waals surface area contributed by atoms with Crippen LogP contribution in [0.3, 0.4) is 0 Å². The van der Waals surface area contributed by atoms with E-state index < -0.39 is 0 Å². The molecule has 2 N–H and O–H groups in total. The van der Waals surface area contributed by atoms with E-state index in [-0.39, 0.29) is 23.7 Å². The highest BCUT2D eigenvalue weighted by Crippen LogP contribution is 2.25. The second-order valence-corrected chi connectivity index (χ2v) is 6.80. The highest BCUT2D eigenvalue weighted by Gasteiger charge is 2.33. The molecule has 0 spiro atoms. The number of pyridine rings is 1. The van der Waals surface area contributed by atoms with Crippen molar-refractivity contribution in [3.8, 4) is 6.07 Å². The second-order valence-electron chi connectivity index (χ2n) is 6.80. The Labute approximate surface area is 147 Å². The van der Waals surface area contributed by atoms with E-state index in [4.69, 9.17) is 11.0 Å². The number of rotatable bonds is 3. The molecule has 0 unspecified atom stereocenters. The minimum absolute atomic E-state index is 0.00117. The van der Waals surface area contributed by atoms with Gasteiger partial charge in [0.05, 0.1) is 11.5 Å². The van der Waals surface area contributed by atoms with Crippen molar-refractivity contribution in [2.24, 2.45) is 17.6 Å². The van der Waals surface area contributed by atoms with Gasteiger partial charge < -0.3 is 15.5 Å². The maximum atomic E-state index is 12.8. The number of amides is 2. The molecule has 2 saturated heterocycles. The summed E-state index contributed by atoms with van der Waals surface area (Å²) >= 11 is 0. The zero-order valence-corrected chi connectivity index (χ0v) is 14.2. The van der Waals surface area contributed by atoms with Crippen molar-refractivity contribution in [3.05, 3.63) is 23.9 Å². The molecular formula is C18H23N5O2. The van der Waals surface area contributed by atoms with Crippen molar-refractivity contribution < 1.29 is 9.59 Å². The van der Waals surface area contributed by atoms with Gasteiger partial charge in [0.1, 0.15) is 11.9 Å². The Balaban J connectivity index is 1.55. The van der Waals surface area contributed by atoms with E-state index >= 15 is 0 Å². The number of aromatic nitrogens is 1. The van der Waals surface area contributed by atoms with Crippen molar-refractivity contribution in [2.75, 3.05) is 31.1 Å². The number of piperidine rings is 2. The van der Waals surface area contributed by atoms with Gasteiger partial charge in [-0.05, 0) is 37.8 Å². The van der Waals surface area contributed by atoms with E-state index in [1.807, 2.05) is 11.0 Å². The Hall–Kier alpha value is -2.62. The highest BCUT2D eigenvalue weighted by molar-refractivity contribution is 5.81.